The normalized spacial score (nSPS) is 10.0. The molecular formula is C15H17NO. The van der Waals surface area contributed by atoms with Crippen molar-refractivity contribution >= 4 is 5.69 Å². The molecule has 0 spiro atoms. The summed E-state index contributed by atoms with van der Waals surface area (Å²) in [5.74, 6) is 0.886. The highest BCUT2D eigenvalue weighted by Gasteiger charge is 2.00. The van der Waals surface area contributed by atoms with Crippen LogP contribution in [0.5, 0.6) is 5.75 Å². The molecule has 0 saturated carbocycles. The Labute approximate surface area is 102 Å². The van der Waals surface area contributed by atoms with Crippen molar-refractivity contribution in [3.63, 3.8) is 0 Å². The lowest BCUT2D eigenvalue weighted by atomic mass is 10.0. The van der Waals surface area contributed by atoms with Crippen LogP contribution in [0, 0.1) is 0 Å². The van der Waals surface area contributed by atoms with Crippen LogP contribution in [0.3, 0.4) is 0 Å². The molecule has 0 fully saturated rings. The summed E-state index contributed by atoms with van der Waals surface area (Å²) in [5, 5.41) is 3.32. The predicted octanol–water partition coefficient (Wildman–Crippen LogP) is 3.79. The first-order chi connectivity index (χ1) is 8.33. The van der Waals surface area contributed by atoms with E-state index >= 15 is 0 Å². The van der Waals surface area contributed by atoms with E-state index in [4.69, 9.17) is 4.74 Å². The number of hydrogen-bond donors (Lipinski definition) is 1. The first-order valence-corrected chi connectivity index (χ1v) is 5.82. The second-order valence-corrected chi connectivity index (χ2v) is 3.84. The van der Waals surface area contributed by atoms with Crippen molar-refractivity contribution in [3.8, 4) is 16.9 Å². The molecule has 0 aliphatic heterocycles. The molecule has 0 unspecified atom stereocenters. The van der Waals surface area contributed by atoms with Gasteiger partial charge in [0.1, 0.15) is 5.75 Å². The number of methoxy groups -OCH3 is 1. The van der Waals surface area contributed by atoms with Gasteiger partial charge in [0.15, 0.2) is 0 Å². The van der Waals surface area contributed by atoms with Crippen molar-refractivity contribution in [2.75, 3.05) is 19.0 Å². The van der Waals surface area contributed by atoms with Gasteiger partial charge in [0, 0.05) is 12.2 Å². The molecule has 2 rings (SSSR count). The summed E-state index contributed by atoms with van der Waals surface area (Å²) in [5.41, 5.74) is 3.51. The largest absolute Gasteiger partial charge is 0.497 e. The highest BCUT2D eigenvalue weighted by molar-refractivity contribution is 5.69. The lowest BCUT2D eigenvalue weighted by Crippen LogP contribution is -1.95. The Morgan fingerprint density at radius 1 is 1.00 bits per heavy atom. The lowest BCUT2D eigenvalue weighted by molar-refractivity contribution is 0.415. The van der Waals surface area contributed by atoms with Crippen molar-refractivity contribution in [1.29, 1.82) is 0 Å². The van der Waals surface area contributed by atoms with Gasteiger partial charge >= 0.3 is 0 Å². The maximum absolute atomic E-state index is 5.24. The van der Waals surface area contributed by atoms with Crippen molar-refractivity contribution in [2.45, 2.75) is 6.92 Å². The van der Waals surface area contributed by atoms with Crippen molar-refractivity contribution in [1.82, 2.24) is 0 Å². The summed E-state index contributed by atoms with van der Waals surface area (Å²) in [4.78, 5) is 0. The standard InChI is InChI=1S/C15H17NO/c1-3-16-14-8-4-6-12(10-14)13-7-5-9-15(11-13)17-2/h4-11,16H,3H2,1-2H3. The number of rotatable bonds is 4. The molecule has 0 aliphatic carbocycles. The molecule has 88 valence electrons. The van der Waals surface area contributed by atoms with E-state index < -0.39 is 0 Å². The minimum Gasteiger partial charge on any atom is -0.497 e. The fourth-order valence-electron chi connectivity index (χ4n) is 1.82. The van der Waals surface area contributed by atoms with Crippen LogP contribution < -0.4 is 10.1 Å². The second-order valence-electron chi connectivity index (χ2n) is 3.84. The van der Waals surface area contributed by atoms with E-state index in [-0.39, 0.29) is 0 Å². The molecule has 0 bridgehead atoms. The topological polar surface area (TPSA) is 21.3 Å². The monoisotopic (exact) mass is 227 g/mol. The van der Waals surface area contributed by atoms with Gasteiger partial charge in [-0.05, 0) is 42.3 Å². The van der Waals surface area contributed by atoms with Gasteiger partial charge in [0.25, 0.3) is 0 Å². The Hall–Kier alpha value is -1.96. The lowest BCUT2D eigenvalue weighted by Gasteiger charge is -2.08. The average Bonchev–Trinajstić information content (AvgIpc) is 2.40. The van der Waals surface area contributed by atoms with Gasteiger partial charge in [-0.15, -0.1) is 0 Å². The van der Waals surface area contributed by atoms with Crippen LogP contribution in [0.25, 0.3) is 11.1 Å². The number of ether oxygens (including phenoxy) is 1. The third kappa shape index (κ3) is 2.78. The van der Waals surface area contributed by atoms with Gasteiger partial charge in [-0.25, -0.2) is 0 Å². The zero-order chi connectivity index (χ0) is 12.1. The van der Waals surface area contributed by atoms with Crippen molar-refractivity contribution < 1.29 is 4.74 Å². The Morgan fingerprint density at radius 3 is 2.41 bits per heavy atom. The van der Waals surface area contributed by atoms with Crippen LogP contribution >= 0.6 is 0 Å². The third-order valence-corrected chi connectivity index (χ3v) is 2.65. The van der Waals surface area contributed by atoms with Gasteiger partial charge in [-0.1, -0.05) is 24.3 Å². The minimum absolute atomic E-state index is 0.886. The Bertz CT molecular complexity index is 494. The van der Waals surface area contributed by atoms with Crippen LogP contribution in [0.4, 0.5) is 5.69 Å². The fourth-order valence-corrected chi connectivity index (χ4v) is 1.82. The molecule has 1 N–H and O–H groups in total. The van der Waals surface area contributed by atoms with E-state index in [2.05, 4.69) is 42.6 Å². The van der Waals surface area contributed by atoms with Crippen LogP contribution in [-0.2, 0) is 0 Å². The first kappa shape index (κ1) is 11.5. The van der Waals surface area contributed by atoms with Crippen LogP contribution in [-0.4, -0.2) is 13.7 Å². The van der Waals surface area contributed by atoms with Gasteiger partial charge < -0.3 is 10.1 Å². The molecule has 2 aromatic rings. The fraction of sp³-hybridized carbons (Fsp3) is 0.200. The minimum atomic E-state index is 0.886. The molecule has 0 aromatic heterocycles. The SMILES string of the molecule is CCNc1cccc(-c2cccc(OC)c2)c1. The van der Waals surface area contributed by atoms with Gasteiger partial charge in [-0.3, -0.25) is 0 Å². The van der Waals surface area contributed by atoms with Crippen molar-refractivity contribution in [3.05, 3.63) is 48.5 Å². The highest BCUT2D eigenvalue weighted by atomic mass is 16.5. The maximum Gasteiger partial charge on any atom is 0.119 e. The summed E-state index contributed by atoms with van der Waals surface area (Å²) < 4.78 is 5.24. The summed E-state index contributed by atoms with van der Waals surface area (Å²) in [6.45, 7) is 3.03. The molecule has 0 amide bonds. The van der Waals surface area contributed by atoms with E-state index in [0.717, 1.165) is 18.0 Å². The van der Waals surface area contributed by atoms with E-state index in [1.807, 2.05) is 18.2 Å². The number of anilines is 1. The molecular weight excluding hydrogens is 210 g/mol. The molecule has 0 atom stereocenters. The van der Waals surface area contributed by atoms with Gasteiger partial charge in [0.05, 0.1) is 7.11 Å². The summed E-state index contributed by atoms with van der Waals surface area (Å²) in [6.07, 6.45) is 0. The van der Waals surface area contributed by atoms with Crippen LogP contribution in [0.1, 0.15) is 6.92 Å². The third-order valence-electron chi connectivity index (χ3n) is 2.65. The van der Waals surface area contributed by atoms with Crippen LogP contribution in [0.2, 0.25) is 0 Å². The number of benzene rings is 2. The maximum atomic E-state index is 5.24. The second kappa shape index (κ2) is 5.39. The summed E-state index contributed by atoms with van der Waals surface area (Å²) >= 11 is 0. The molecule has 0 radical (unpaired) electrons. The van der Waals surface area contributed by atoms with Gasteiger partial charge in [-0.2, -0.15) is 0 Å². The van der Waals surface area contributed by atoms with E-state index in [1.165, 1.54) is 11.1 Å². The zero-order valence-electron chi connectivity index (χ0n) is 10.2. The molecule has 0 heterocycles. The molecule has 0 saturated heterocycles. The quantitative estimate of drug-likeness (QED) is 0.858. The smallest absolute Gasteiger partial charge is 0.119 e. The summed E-state index contributed by atoms with van der Waals surface area (Å²) in [7, 11) is 1.69. The molecule has 0 aliphatic rings. The number of nitrogens with one attached hydrogen (secondary N) is 1. The molecule has 2 heteroatoms. The zero-order valence-corrected chi connectivity index (χ0v) is 10.2. The van der Waals surface area contributed by atoms with Gasteiger partial charge in [0.2, 0.25) is 0 Å². The molecule has 17 heavy (non-hydrogen) atoms. The Balaban J connectivity index is 2.34. The predicted molar refractivity (Wildman–Crippen MR) is 72.6 cm³/mol. The Morgan fingerprint density at radius 2 is 1.71 bits per heavy atom. The Kier molecular flexibility index (Phi) is 3.66. The first-order valence-electron chi connectivity index (χ1n) is 5.82. The average molecular weight is 227 g/mol. The molecule has 2 aromatic carbocycles. The summed E-state index contributed by atoms with van der Waals surface area (Å²) in [6, 6.07) is 16.5. The molecule has 2 nitrogen and oxygen atoms in total. The van der Waals surface area contributed by atoms with Crippen molar-refractivity contribution in [2.24, 2.45) is 0 Å². The van der Waals surface area contributed by atoms with E-state index in [1.54, 1.807) is 7.11 Å². The van der Waals surface area contributed by atoms with E-state index in [0.29, 0.717) is 0 Å². The van der Waals surface area contributed by atoms with E-state index in [9.17, 15) is 0 Å². The highest BCUT2D eigenvalue weighted by Crippen LogP contribution is 2.25. The van der Waals surface area contributed by atoms with Crippen LogP contribution in [0.15, 0.2) is 48.5 Å². The number of hydrogen-bond acceptors (Lipinski definition) is 2.